The lowest BCUT2D eigenvalue weighted by Crippen LogP contribution is -2.16. The summed E-state index contributed by atoms with van der Waals surface area (Å²) in [5.74, 6) is 2.43. The zero-order valence-corrected chi connectivity index (χ0v) is 9.84. The molecule has 0 heterocycles. The fraction of sp³-hybridized carbons (Fsp3) is 0.400. The van der Waals surface area contributed by atoms with Crippen LogP contribution in [0, 0.1) is 29.1 Å². The van der Waals surface area contributed by atoms with Crippen molar-refractivity contribution in [2.24, 2.45) is 17.8 Å². The predicted molar refractivity (Wildman–Crippen MR) is 65.6 cm³/mol. The summed E-state index contributed by atoms with van der Waals surface area (Å²) in [7, 11) is 1.67. The molecule has 1 fully saturated rings. The standard InChI is InChI=1S/C15H15NO/c1-17-13-6-4-10(5-7-13)15-12-3-2-11(8-12)14(15)9-16/h2-7,11-12,14-15H,8H2,1H3/t11-,12+,14-,15+/m1/s1. The molecule has 3 rings (SSSR count). The molecule has 1 saturated carbocycles. The van der Waals surface area contributed by atoms with Gasteiger partial charge in [-0.25, -0.2) is 0 Å². The Kier molecular flexibility index (Phi) is 2.40. The summed E-state index contributed by atoms with van der Waals surface area (Å²) >= 11 is 0. The summed E-state index contributed by atoms with van der Waals surface area (Å²) in [4.78, 5) is 0. The van der Waals surface area contributed by atoms with Crippen LogP contribution in [0.2, 0.25) is 0 Å². The number of benzene rings is 1. The van der Waals surface area contributed by atoms with Crippen molar-refractivity contribution in [1.29, 1.82) is 5.26 Å². The molecule has 1 aromatic carbocycles. The van der Waals surface area contributed by atoms with Crippen LogP contribution in [0.4, 0.5) is 0 Å². The summed E-state index contributed by atoms with van der Waals surface area (Å²) in [6, 6.07) is 10.7. The summed E-state index contributed by atoms with van der Waals surface area (Å²) in [5.41, 5.74) is 1.27. The van der Waals surface area contributed by atoms with Crippen LogP contribution in [0.15, 0.2) is 36.4 Å². The van der Waals surface area contributed by atoms with Crippen LogP contribution in [0.1, 0.15) is 17.9 Å². The third-order valence-corrected chi connectivity index (χ3v) is 4.11. The van der Waals surface area contributed by atoms with E-state index in [4.69, 9.17) is 4.74 Å². The van der Waals surface area contributed by atoms with Crippen LogP contribution in [-0.2, 0) is 0 Å². The molecular weight excluding hydrogens is 210 g/mol. The Morgan fingerprint density at radius 1 is 1.18 bits per heavy atom. The van der Waals surface area contributed by atoms with Crippen LogP contribution in [0.3, 0.4) is 0 Å². The van der Waals surface area contributed by atoms with Gasteiger partial charge in [0.1, 0.15) is 5.75 Å². The van der Waals surface area contributed by atoms with E-state index in [1.807, 2.05) is 12.1 Å². The Balaban J connectivity index is 1.93. The second kappa shape index (κ2) is 3.92. The molecule has 2 bridgehead atoms. The molecule has 0 N–H and O–H groups in total. The third kappa shape index (κ3) is 1.54. The zero-order valence-electron chi connectivity index (χ0n) is 9.84. The van der Waals surface area contributed by atoms with Gasteiger partial charge in [0.25, 0.3) is 0 Å². The average molecular weight is 225 g/mol. The average Bonchev–Trinajstić information content (AvgIpc) is 2.98. The van der Waals surface area contributed by atoms with E-state index in [1.165, 1.54) is 5.56 Å². The maximum Gasteiger partial charge on any atom is 0.118 e. The number of methoxy groups -OCH3 is 1. The first-order valence-corrected chi connectivity index (χ1v) is 6.05. The van der Waals surface area contributed by atoms with Crippen molar-refractivity contribution in [3.8, 4) is 11.8 Å². The summed E-state index contributed by atoms with van der Waals surface area (Å²) in [6.45, 7) is 0. The quantitative estimate of drug-likeness (QED) is 0.724. The normalized spacial score (nSPS) is 33.6. The smallest absolute Gasteiger partial charge is 0.118 e. The highest BCUT2D eigenvalue weighted by atomic mass is 16.5. The molecule has 0 aromatic heterocycles. The van der Waals surface area contributed by atoms with Gasteiger partial charge in [0, 0.05) is 5.92 Å². The van der Waals surface area contributed by atoms with Crippen LogP contribution < -0.4 is 4.74 Å². The first-order valence-electron chi connectivity index (χ1n) is 6.05. The molecule has 17 heavy (non-hydrogen) atoms. The minimum absolute atomic E-state index is 0.151. The van der Waals surface area contributed by atoms with Crippen molar-refractivity contribution in [3.63, 3.8) is 0 Å². The van der Waals surface area contributed by atoms with Gasteiger partial charge in [0.2, 0.25) is 0 Å². The Labute approximate surface area is 102 Å². The van der Waals surface area contributed by atoms with E-state index in [9.17, 15) is 5.26 Å². The van der Waals surface area contributed by atoms with Crippen molar-refractivity contribution >= 4 is 0 Å². The summed E-state index contributed by atoms with van der Waals surface area (Å²) in [5, 5.41) is 9.31. The number of nitriles is 1. The van der Waals surface area contributed by atoms with Crippen molar-refractivity contribution in [1.82, 2.24) is 0 Å². The van der Waals surface area contributed by atoms with E-state index in [0.29, 0.717) is 17.8 Å². The topological polar surface area (TPSA) is 33.0 Å². The maximum absolute atomic E-state index is 9.31. The third-order valence-electron chi connectivity index (χ3n) is 4.11. The fourth-order valence-corrected chi connectivity index (χ4v) is 3.28. The molecule has 2 heteroatoms. The largest absolute Gasteiger partial charge is 0.497 e. The number of ether oxygens (including phenoxy) is 1. The van der Waals surface area contributed by atoms with Crippen molar-refractivity contribution in [2.45, 2.75) is 12.3 Å². The molecule has 0 radical (unpaired) electrons. The van der Waals surface area contributed by atoms with Gasteiger partial charge >= 0.3 is 0 Å². The van der Waals surface area contributed by atoms with Crippen LogP contribution in [0.25, 0.3) is 0 Å². The lowest BCUT2D eigenvalue weighted by molar-refractivity contribution is 0.414. The molecule has 1 aromatic rings. The molecular formula is C15H15NO. The summed E-state index contributed by atoms with van der Waals surface area (Å²) < 4.78 is 5.17. The van der Waals surface area contributed by atoms with Gasteiger partial charge in [-0.05, 0) is 36.0 Å². The van der Waals surface area contributed by atoms with Crippen molar-refractivity contribution < 1.29 is 4.74 Å². The van der Waals surface area contributed by atoms with Gasteiger partial charge in [-0.15, -0.1) is 0 Å². The van der Waals surface area contributed by atoms with Gasteiger partial charge in [0.05, 0.1) is 19.1 Å². The van der Waals surface area contributed by atoms with Crippen LogP contribution in [0.5, 0.6) is 5.75 Å². The summed E-state index contributed by atoms with van der Waals surface area (Å²) in [6.07, 6.45) is 5.65. The molecule has 0 aliphatic heterocycles. The van der Waals surface area contributed by atoms with Gasteiger partial charge in [-0.1, -0.05) is 24.3 Å². The van der Waals surface area contributed by atoms with Gasteiger partial charge in [-0.2, -0.15) is 5.26 Å². The number of hydrogen-bond donors (Lipinski definition) is 0. The van der Waals surface area contributed by atoms with Crippen molar-refractivity contribution in [2.75, 3.05) is 7.11 Å². The molecule has 0 unspecified atom stereocenters. The second-order valence-corrected chi connectivity index (χ2v) is 4.90. The Morgan fingerprint density at radius 2 is 1.88 bits per heavy atom. The van der Waals surface area contributed by atoms with E-state index in [2.05, 4.69) is 30.4 Å². The first kappa shape index (κ1) is 10.4. The Hall–Kier alpha value is -1.75. The highest BCUT2D eigenvalue weighted by molar-refractivity contribution is 5.35. The molecule has 2 aliphatic carbocycles. The van der Waals surface area contributed by atoms with Crippen LogP contribution >= 0.6 is 0 Å². The molecule has 2 nitrogen and oxygen atoms in total. The van der Waals surface area contributed by atoms with Crippen molar-refractivity contribution in [3.05, 3.63) is 42.0 Å². The van der Waals surface area contributed by atoms with Crippen LogP contribution in [-0.4, -0.2) is 7.11 Å². The van der Waals surface area contributed by atoms with E-state index in [1.54, 1.807) is 7.11 Å². The van der Waals surface area contributed by atoms with Gasteiger partial charge in [0.15, 0.2) is 0 Å². The van der Waals surface area contributed by atoms with E-state index >= 15 is 0 Å². The highest BCUT2D eigenvalue weighted by Gasteiger charge is 2.45. The zero-order chi connectivity index (χ0) is 11.8. The van der Waals surface area contributed by atoms with E-state index < -0.39 is 0 Å². The number of hydrogen-bond acceptors (Lipinski definition) is 2. The monoisotopic (exact) mass is 225 g/mol. The molecule has 0 spiro atoms. The van der Waals surface area contributed by atoms with Gasteiger partial charge < -0.3 is 4.74 Å². The lowest BCUT2D eigenvalue weighted by atomic mass is 9.79. The van der Waals surface area contributed by atoms with E-state index in [0.717, 1.165) is 12.2 Å². The predicted octanol–water partition coefficient (Wildman–Crippen LogP) is 3.12. The maximum atomic E-state index is 9.31. The Bertz CT molecular complexity index is 483. The molecule has 2 aliphatic rings. The molecule has 86 valence electrons. The fourth-order valence-electron chi connectivity index (χ4n) is 3.28. The minimum Gasteiger partial charge on any atom is -0.497 e. The highest BCUT2D eigenvalue weighted by Crippen LogP contribution is 2.52. The first-order chi connectivity index (χ1) is 8.33. The lowest BCUT2D eigenvalue weighted by Gasteiger charge is -2.23. The minimum atomic E-state index is 0.151. The number of nitrogens with zero attached hydrogens (tertiary/aromatic N) is 1. The molecule has 0 saturated heterocycles. The van der Waals surface area contributed by atoms with E-state index in [-0.39, 0.29) is 5.92 Å². The second-order valence-electron chi connectivity index (χ2n) is 4.90. The molecule has 4 atom stereocenters. The number of allylic oxidation sites excluding steroid dienone is 2. The van der Waals surface area contributed by atoms with Gasteiger partial charge in [-0.3, -0.25) is 0 Å². The number of rotatable bonds is 2. The number of fused-ring (bicyclic) bond motifs is 2. The SMILES string of the molecule is COc1ccc([C@@H]2[C@H](C#N)[C@@H]3C=C[C@H]2C3)cc1. The molecule has 0 amide bonds. The Morgan fingerprint density at radius 3 is 2.53 bits per heavy atom.